The Bertz CT molecular complexity index is 275. The number of carbonyl (C=O) groups is 2. The summed E-state index contributed by atoms with van der Waals surface area (Å²) in [7, 11) is 0. The fourth-order valence-electron chi connectivity index (χ4n) is 1.22. The molecule has 0 radical (unpaired) electrons. The van der Waals surface area contributed by atoms with E-state index in [0.717, 1.165) is 0 Å². The van der Waals surface area contributed by atoms with E-state index in [1.165, 1.54) is 0 Å². The van der Waals surface area contributed by atoms with E-state index in [4.69, 9.17) is 5.73 Å². The number of nitrogens with two attached hydrogens (primary N) is 1. The molecule has 18 heavy (non-hydrogen) atoms. The van der Waals surface area contributed by atoms with Gasteiger partial charge in [-0.3, -0.25) is 9.59 Å². The van der Waals surface area contributed by atoms with Crippen molar-refractivity contribution in [1.29, 1.82) is 0 Å². The van der Waals surface area contributed by atoms with Gasteiger partial charge in [0.25, 0.3) is 0 Å². The maximum absolute atomic E-state index is 11.7. The van der Waals surface area contributed by atoms with E-state index >= 15 is 0 Å². The van der Waals surface area contributed by atoms with Crippen LogP contribution in [0.3, 0.4) is 0 Å². The predicted octanol–water partition coefficient (Wildman–Crippen LogP) is 0.955. The van der Waals surface area contributed by atoms with Gasteiger partial charge in [0.1, 0.15) is 6.04 Å². The number of carbonyl (C=O) groups excluding carboxylic acids is 2. The van der Waals surface area contributed by atoms with Gasteiger partial charge in [-0.1, -0.05) is 0 Å². The fraction of sp³-hybridized carbons (Fsp3) is 0.833. The number of halogens is 1. The molecule has 108 valence electrons. The molecular weight excluding hydrogens is 254 g/mol. The first-order valence-electron chi connectivity index (χ1n) is 5.99. The third-order valence-corrected chi connectivity index (χ3v) is 2.10. The van der Waals surface area contributed by atoms with Gasteiger partial charge in [0.2, 0.25) is 11.8 Å². The minimum Gasteiger partial charge on any atom is -0.350 e. The molecule has 2 unspecified atom stereocenters. The summed E-state index contributed by atoms with van der Waals surface area (Å²) in [6, 6.07) is -0.519. The summed E-state index contributed by atoms with van der Waals surface area (Å²) < 4.78 is 0. The first-order valence-corrected chi connectivity index (χ1v) is 5.99. The predicted molar refractivity (Wildman–Crippen MR) is 75.6 cm³/mol. The van der Waals surface area contributed by atoms with Crippen molar-refractivity contribution < 1.29 is 9.59 Å². The number of hydrogen-bond donors (Lipinski definition) is 3. The van der Waals surface area contributed by atoms with Crippen LogP contribution in [0.2, 0.25) is 0 Å². The van der Waals surface area contributed by atoms with Gasteiger partial charge in [-0.05, 0) is 41.0 Å². The smallest absolute Gasteiger partial charge is 0.242 e. The molecule has 5 nitrogen and oxygen atoms in total. The zero-order valence-electron chi connectivity index (χ0n) is 11.9. The highest BCUT2D eigenvalue weighted by Crippen LogP contribution is 2.00. The summed E-state index contributed by atoms with van der Waals surface area (Å²) >= 11 is 0. The van der Waals surface area contributed by atoms with E-state index in [-0.39, 0.29) is 35.8 Å². The van der Waals surface area contributed by atoms with Crippen LogP contribution in [0.1, 0.15) is 47.5 Å². The Morgan fingerprint density at radius 1 is 1.22 bits per heavy atom. The molecule has 0 bridgehead atoms. The summed E-state index contributed by atoms with van der Waals surface area (Å²) in [6.45, 7) is 9.22. The van der Waals surface area contributed by atoms with Crippen LogP contribution in [-0.4, -0.2) is 29.4 Å². The van der Waals surface area contributed by atoms with Crippen molar-refractivity contribution in [3.63, 3.8) is 0 Å². The molecule has 0 aliphatic rings. The first-order chi connectivity index (χ1) is 7.61. The molecule has 0 heterocycles. The van der Waals surface area contributed by atoms with E-state index in [2.05, 4.69) is 10.6 Å². The summed E-state index contributed by atoms with van der Waals surface area (Å²) in [6.07, 6.45) is 0.976. The molecular formula is C12H26ClN3O2. The molecule has 0 aromatic carbocycles. The Balaban J connectivity index is 0. The van der Waals surface area contributed by atoms with Gasteiger partial charge in [-0.15, -0.1) is 12.4 Å². The standard InChI is InChI=1S/C12H25N3O2.ClH/c1-8(13)6-7-10(16)14-9(2)11(17)15-12(3,4)5;/h8-9H,6-7,13H2,1-5H3,(H,14,16)(H,15,17);1H. The number of nitrogens with one attached hydrogen (secondary N) is 2. The van der Waals surface area contributed by atoms with Crippen molar-refractivity contribution in [2.24, 2.45) is 5.73 Å². The number of rotatable bonds is 5. The summed E-state index contributed by atoms with van der Waals surface area (Å²) in [4.78, 5) is 23.2. The Hall–Kier alpha value is -0.810. The topological polar surface area (TPSA) is 84.2 Å². The van der Waals surface area contributed by atoms with Crippen LogP contribution in [0.15, 0.2) is 0 Å². The monoisotopic (exact) mass is 279 g/mol. The minimum absolute atomic E-state index is 0. The molecule has 0 aliphatic carbocycles. The highest BCUT2D eigenvalue weighted by atomic mass is 35.5. The molecule has 2 amide bonds. The lowest BCUT2D eigenvalue weighted by Crippen LogP contribution is -2.50. The molecule has 0 spiro atoms. The van der Waals surface area contributed by atoms with E-state index < -0.39 is 6.04 Å². The van der Waals surface area contributed by atoms with Crippen molar-refractivity contribution in [3.8, 4) is 0 Å². The van der Waals surface area contributed by atoms with E-state index in [1.54, 1.807) is 6.92 Å². The molecule has 4 N–H and O–H groups in total. The van der Waals surface area contributed by atoms with Crippen LogP contribution in [0, 0.1) is 0 Å². The average Bonchev–Trinajstić information content (AvgIpc) is 2.11. The van der Waals surface area contributed by atoms with E-state index in [0.29, 0.717) is 12.8 Å². The maximum atomic E-state index is 11.7. The molecule has 6 heteroatoms. The van der Waals surface area contributed by atoms with Gasteiger partial charge in [0, 0.05) is 18.0 Å². The Morgan fingerprint density at radius 3 is 2.11 bits per heavy atom. The number of hydrogen-bond acceptors (Lipinski definition) is 3. The lowest BCUT2D eigenvalue weighted by atomic mass is 10.1. The zero-order chi connectivity index (χ0) is 13.6. The van der Waals surface area contributed by atoms with Crippen molar-refractivity contribution in [2.45, 2.75) is 65.1 Å². The van der Waals surface area contributed by atoms with Crippen molar-refractivity contribution >= 4 is 24.2 Å². The highest BCUT2D eigenvalue weighted by Gasteiger charge is 2.20. The molecule has 0 saturated heterocycles. The SMILES string of the molecule is CC(N)CCC(=O)NC(C)C(=O)NC(C)(C)C.Cl. The summed E-state index contributed by atoms with van der Waals surface area (Å²) in [5.41, 5.74) is 5.27. The maximum Gasteiger partial charge on any atom is 0.242 e. The molecule has 0 rings (SSSR count). The summed E-state index contributed by atoms with van der Waals surface area (Å²) in [5.74, 6) is -0.314. The zero-order valence-corrected chi connectivity index (χ0v) is 12.7. The van der Waals surface area contributed by atoms with Crippen LogP contribution in [0.5, 0.6) is 0 Å². The highest BCUT2D eigenvalue weighted by molar-refractivity contribution is 5.87. The van der Waals surface area contributed by atoms with Crippen molar-refractivity contribution in [2.75, 3.05) is 0 Å². The van der Waals surface area contributed by atoms with Gasteiger partial charge in [0.05, 0.1) is 0 Å². The van der Waals surface area contributed by atoms with Crippen molar-refractivity contribution in [3.05, 3.63) is 0 Å². The lowest BCUT2D eigenvalue weighted by molar-refractivity contribution is -0.129. The van der Waals surface area contributed by atoms with Gasteiger partial charge < -0.3 is 16.4 Å². The van der Waals surface area contributed by atoms with Crippen LogP contribution >= 0.6 is 12.4 Å². The molecule has 0 aromatic rings. The fourth-order valence-corrected chi connectivity index (χ4v) is 1.22. The van der Waals surface area contributed by atoms with E-state index in [1.807, 2.05) is 27.7 Å². The molecule has 0 fully saturated rings. The van der Waals surface area contributed by atoms with Crippen LogP contribution in [0.4, 0.5) is 0 Å². The van der Waals surface area contributed by atoms with Crippen LogP contribution in [0.25, 0.3) is 0 Å². The van der Waals surface area contributed by atoms with Gasteiger partial charge in [0.15, 0.2) is 0 Å². The van der Waals surface area contributed by atoms with E-state index in [9.17, 15) is 9.59 Å². The normalized spacial score (nSPS) is 14.1. The molecule has 2 atom stereocenters. The minimum atomic E-state index is -0.519. The Labute approximate surface area is 116 Å². The van der Waals surface area contributed by atoms with Crippen LogP contribution < -0.4 is 16.4 Å². The first kappa shape index (κ1) is 19.5. The Morgan fingerprint density at radius 2 is 1.72 bits per heavy atom. The second-order valence-corrected chi connectivity index (χ2v) is 5.54. The van der Waals surface area contributed by atoms with Gasteiger partial charge >= 0.3 is 0 Å². The molecule has 0 aromatic heterocycles. The number of amides is 2. The third-order valence-electron chi connectivity index (χ3n) is 2.10. The molecule has 0 saturated carbocycles. The Kier molecular flexibility index (Phi) is 9.03. The second-order valence-electron chi connectivity index (χ2n) is 5.54. The third kappa shape index (κ3) is 10.4. The second kappa shape index (κ2) is 8.32. The lowest BCUT2D eigenvalue weighted by Gasteiger charge is -2.23. The largest absolute Gasteiger partial charge is 0.350 e. The van der Waals surface area contributed by atoms with Gasteiger partial charge in [-0.25, -0.2) is 0 Å². The quantitative estimate of drug-likeness (QED) is 0.701. The molecule has 0 aliphatic heterocycles. The van der Waals surface area contributed by atoms with Gasteiger partial charge in [-0.2, -0.15) is 0 Å². The average molecular weight is 280 g/mol. The summed E-state index contributed by atoms with van der Waals surface area (Å²) in [5, 5.41) is 5.46. The van der Waals surface area contributed by atoms with Crippen LogP contribution in [-0.2, 0) is 9.59 Å². The van der Waals surface area contributed by atoms with Crippen molar-refractivity contribution in [1.82, 2.24) is 10.6 Å².